The van der Waals surface area contributed by atoms with Gasteiger partial charge in [0.1, 0.15) is 0 Å². The van der Waals surface area contributed by atoms with Gasteiger partial charge in [0, 0.05) is 0 Å². The van der Waals surface area contributed by atoms with E-state index in [1.54, 1.807) is 13.8 Å². The largest absolute Gasteiger partial charge is 0.393 e. The molecule has 3 N–H and O–H groups in total. The van der Waals surface area contributed by atoms with Gasteiger partial charge in [-0.3, -0.25) is 0 Å². The zero-order valence-electron chi connectivity index (χ0n) is 17.1. The van der Waals surface area contributed by atoms with Crippen LogP contribution in [0.1, 0.15) is 84.5 Å². The van der Waals surface area contributed by atoms with Gasteiger partial charge in [-0.2, -0.15) is 0 Å². The lowest BCUT2D eigenvalue weighted by molar-refractivity contribution is -0.0751. The summed E-state index contributed by atoms with van der Waals surface area (Å²) >= 11 is 0. The molecule has 0 saturated heterocycles. The maximum absolute atomic E-state index is 9.86. The normalized spacial score (nSPS) is 37.0. The van der Waals surface area contributed by atoms with Crippen LogP contribution in [0.2, 0.25) is 0 Å². The Balaban J connectivity index is 1.53. The first kappa shape index (κ1) is 21.0. The Labute approximate surface area is 164 Å². The first-order valence-corrected chi connectivity index (χ1v) is 10.8. The van der Waals surface area contributed by atoms with Crippen molar-refractivity contribution in [3.05, 3.63) is 23.3 Å². The minimum atomic E-state index is -0.746. The van der Waals surface area contributed by atoms with Crippen molar-refractivity contribution in [2.24, 2.45) is 5.41 Å². The van der Waals surface area contributed by atoms with E-state index in [1.807, 2.05) is 0 Å². The van der Waals surface area contributed by atoms with E-state index in [0.717, 1.165) is 12.8 Å². The minimum Gasteiger partial charge on any atom is -0.393 e. The highest BCUT2D eigenvalue weighted by atomic mass is 16.5. The Kier molecular flexibility index (Phi) is 6.83. The topological polar surface area (TPSA) is 69.9 Å². The van der Waals surface area contributed by atoms with Crippen molar-refractivity contribution in [3.8, 4) is 0 Å². The van der Waals surface area contributed by atoms with Crippen LogP contribution in [0, 0.1) is 5.41 Å². The fourth-order valence-corrected chi connectivity index (χ4v) is 5.15. The number of hydrogen-bond donors (Lipinski definition) is 3. The Morgan fingerprint density at radius 1 is 1.04 bits per heavy atom. The van der Waals surface area contributed by atoms with Gasteiger partial charge < -0.3 is 20.1 Å². The van der Waals surface area contributed by atoms with E-state index in [1.165, 1.54) is 49.7 Å². The Morgan fingerprint density at radius 3 is 2.30 bits per heavy atom. The van der Waals surface area contributed by atoms with Crippen LogP contribution in [-0.2, 0) is 4.74 Å². The van der Waals surface area contributed by atoms with Gasteiger partial charge in [0.15, 0.2) is 0 Å². The van der Waals surface area contributed by atoms with E-state index < -0.39 is 17.8 Å². The summed E-state index contributed by atoms with van der Waals surface area (Å²) in [4.78, 5) is 0. The number of ether oxygens (including phenoxy) is 1. The molecule has 4 nitrogen and oxygen atoms in total. The van der Waals surface area contributed by atoms with Crippen molar-refractivity contribution in [1.29, 1.82) is 0 Å². The third-order valence-electron chi connectivity index (χ3n) is 6.57. The Bertz CT molecular complexity index is 537. The standard InChI is InChI=1S/C23H38O4/c1-22(2,26)16-27-21-7-10-23(11-8-21)9-3-4-17(15-23)5-6-18-12-19(24)14-20(25)13-18/h5-6,19-21,24-26H,3-4,7-16H2,1-2H3/b17-5+/t19-,20-,21?,23?/m1/s1. The molecule has 3 fully saturated rings. The fourth-order valence-electron chi connectivity index (χ4n) is 5.15. The monoisotopic (exact) mass is 378 g/mol. The van der Waals surface area contributed by atoms with E-state index in [2.05, 4.69) is 12.2 Å². The molecular weight excluding hydrogens is 340 g/mol. The van der Waals surface area contributed by atoms with Gasteiger partial charge in [0.05, 0.1) is 30.5 Å². The molecule has 3 rings (SSSR count). The van der Waals surface area contributed by atoms with Gasteiger partial charge >= 0.3 is 0 Å². The first-order chi connectivity index (χ1) is 12.7. The van der Waals surface area contributed by atoms with Crippen LogP contribution < -0.4 is 0 Å². The molecule has 3 aliphatic rings. The molecule has 27 heavy (non-hydrogen) atoms. The van der Waals surface area contributed by atoms with Crippen LogP contribution in [0.4, 0.5) is 0 Å². The van der Waals surface area contributed by atoms with Crippen molar-refractivity contribution in [2.45, 2.75) is 108 Å². The fraction of sp³-hybridized carbons (Fsp3) is 0.826. The van der Waals surface area contributed by atoms with Crippen LogP contribution >= 0.6 is 0 Å². The molecule has 0 aromatic rings. The highest BCUT2D eigenvalue weighted by Crippen LogP contribution is 2.49. The number of aliphatic hydroxyl groups is 3. The average molecular weight is 379 g/mol. The van der Waals surface area contributed by atoms with Crippen LogP contribution in [-0.4, -0.2) is 45.8 Å². The maximum Gasteiger partial charge on any atom is 0.0824 e. The molecule has 0 radical (unpaired) electrons. The Hall–Kier alpha value is -0.680. The van der Waals surface area contributed by atoms with E-state index >= 15 is 0 Å². The minimum absolute atomic E-state index is 0.295. The number of rotatable bonds is 4. The summed E-state index contributed by atoms with van der Waals surface area (Å²) in [5.74, 6) is 0. The summed E-state index contributed by atoms with van der Waals surface area (Å²) in [6.45, 7) is 4.02. The van der Waals surface area contributed by atoms with Crippen molar-refractivity contribution in [2.75, 3.05) is 6.61 Å². The number of hydrogen-bond acceptors (Lipinski definition) is 4. The first-order valence-electron chi connectivity index (χ1n) is 10.8. The van der Waals surface area contributed by atoms with Crippen LogP contribution in [0.25, 0.3) is 0 Å². The third kappa shape index (κ3) is 6.42. The molecule has 4 heteroatoms. The van der Waals surface area contributed by atoms with Crippen molar-refractivity contribution in [3.63, 3.8) is 0 Å². The van der Waals surface area contributed by atoms with E-state index in [0.29, 0.717) is 37.4 Å². The number of allylic oxidation sites excluding steroid dienone is 3. The lowest BCUT2D eigenvalue weighted by Gasteiger charge is -2.44. The molecule has 0 aliphatic heterocycles. The highest BCUT2D eigenvalue weighted by molar-refractivity contribution is 5.22. The number of aliphatic hydroxyl groups excluding tert-OH is 2. The van der Waals surface area contributed by atoms with Gasteiger partial charge in [-0.15, -0.1) is 0 Å². The summed E-state index contributed by atoms with van der Waals surface area (Å²) in [6, 6.07) is 0. The summed E-state index contributed by atoms with van der Waals surface area (Å²) in [5.41, 5.74) is 2.39. The second-order valence-electron chi connectivity index (χ2n) is 9.95. The molecule has 0 unspecified atom stereocenters. The lowest BCUT2D eigenvalue weighted by atomic mass is 9.63. The Morgan fingerprint density at radius 2 is 1.67 bits per heavy atom. The van der Waals surface area contributed by atoms with E-state index in [4.69, 9.17) is 4.74 Å². The summed E-state index contributed by atoms with van der Waals surface area (Å²) in [6.07, 6.45) is 15.4. The van der Waals surface area contributed by atoms with E-state index in [9.17, 15) is 15.3 Å². The second-order valence-corrected chi connectivity index (χ2v) is 9.95. The molecule has 3 saturated carbocycles. The predicted molar refractivity (Wildman–Crippen MR) is 107 cm³/mol. The summed E-state index contributed by atoms with van der Waals surface area (Å²) < 4.78 is 5.93. The van der Waals surface area contributed by atoms with Gasteiger partial charge in [0.25, 0.3) is 0 Å². The average Bonchev–Trinajstić information content (AvgIpc) is 2.58. The summed E-state index contributed by atoms with van der Waals surface area (Å²) in [5, 5.41) is 29.6. The molecule has 154 valence electrons. The molecule has 0 heterocycles. The van der Waals surface area contributed by atoms with Crippen LogP contribution in [0.15, 0.2) is 23.3 Å². The molecule has 0 bridgehead atoms. The molecule has 0 aromatic carbocycles. The highest BCUT2D eigenvalue weighted by Gasteiger charge is 2.38. The maximum atomic E-state index is 9.86. The zero-order valence-corrected chi connectivity index (χ0v) is 17.1. The van der Waals surface area contributed by atoms with Gasteiger partial charge in [0.2, 0.25) is 0 Å². The zero-order chi connectivity index (χ0) is 19.5. The van der Waals surface area contributed by atoms with Gasteiger partial charge in [-0.05, 0) is 89.9 Å². The molecule has 0 aromatic heterocycles. The lowest BCUT2D eigenvalue weighted by Crippen LogP contribution is -2.36. The predicted octanol–water partition coefficient (Wildman–Crippen LogP) is 4.04. The smallest absolute Gasteiger partial charge is 0.0824 e. The van der Waals surface area contributed by atoms with E-state index in [-0.39, 0.29) is 0 Å². The van der Waals surface area contributed by atoms with Gasteiger partial charge in [-0.1, -0.05) is 23.3 Å². The molecular formula is C23H38O4. The molecule has 0 amide bonds. The third-order valence-corrected chi connectivity index (χ3v) is 6.57. The molecule has 2 atom stereocenters. The SMILES string of the molecule is CC(C)(O)COC1CCC2(CCC/C(=C\C=C3C[C@@H](O)C[C@H](O)C3)C2)CC1. The van der Waals surface area contributed by atoms with Crippen molar-refractivity contribution < 1.29 is 20.1 Å². The van der Waals surface area contributed by atoms with Crippen molar-refractivity contribution in [1.82, 2.24) is 0 Å². The molecule has 1 spiro atoms. The summed E-state index contributed by atoms with van der Waals surface area (Å²) in [7, 11) is 0. The van der Waals surface area contributed by atoms with Crippen molar-refractivity contribution >= 4 is 0 Å². The van der Waals surface area contributed by atoms with Crippen LogP contribution in [0.5, 0.6) is 0 Å². The molecule has 3 aliphatic carbocycles. The second kappa shape index (κ2) is 8.77. The quantitative estimate of drug-likeness (QED) is 0.691. The van der Waals surface area contributed by atoms with Gasteiger partial charge in [-0.25, -0.2) is 0 Å². The van der Waals surface area contributed by atoms with Crippen LogP contribution in [0.3, 0.4) is 0 Å².